The van der Waals surface area contributed by atoms with Gasteiger partial charge in [-0.1, -0.05) is 166 Å². The summed E-state index contributed by atoms with van der Waals surface area (Å²) in [6.45, 7) is 21.9. The quantitative estimate of drug-likeness (QED) is 0.148. The van der Waals surface area contributed by atoms with E-state index in [9.17, 15) is 0 Å². The summed E-state index contributed by atoms with van der Waals surface area (Å²) >= 11 is 0. The Kier molecular flexibility index (Phi) is 10.9. The Morgan fingerprint density at radius 3 is 1.19 bits per heavy atom. The second-order valence-corrected chi connectivity index (χ2v) is 26.8. The zero-order valence-corrected chi connectivity index (χ0v) is 48.3. The largest absolute Gasteiger partial charge is 0.311 e. The Bertz CT molecular complexity index is 4000. The molecule has 6 heteroatoms. The molecule has 0 aromatic heterocycles. The van der Waals surface area contributed by atoms with Crippen molar-refractivity contribution in [3.05, 3.63) is 216 Å². The molecule has 2 aliphatic carbocycles. The average Bonchev–Trinajstić information content (AvgIpc) is 3.51. The first-order chi connectivity index (χ1) is 38.6. The van der Waals surface area contributed by atoms with E-state index in [-0.39, 0.29) is 35.1 Å². The molecule has 0 unspecified atom stereocenters. The Balaban J connectivity index is 1.00. The molecule has 0 saturated carbocycles. The predicted octanol–water partition coefficient (Wildman–Crippen LogP) is 15.9. The summed E-state index contributed by atoms with van der Waals surface area (Å²) in [7, 11) is 0. The molecule has 0 fully saturated rings. The number of anilines is 12. The molecule has 0 atom stereocenters. The molecular formula is C74H72B2N4. The smallest absolute Gasteiger partial charge is 0.252 e. The van der Waals surface area contributed by atoms with Gasteiger partial charge in [0.15, 0.2) is 0 Å². The first-order valence-electron chi connectivity index (χ1n) is 29.9. The molecule has 9 aromatic rings. The number of hydrogen-bond donors (Lipinski definition) is 0. The molecule has 4 nitrogen and oxygen atoms in total. The standard InChI is InChI=1S/C74H72B2N4/c1-10-11-23-48-42-67-70-68(43-48)80(52-35-37-54-56(45-52)74(8,9)41-39-72(54,4)5)62-31-21-19-29-58(62)76(70)60-46-59-65(47-66(60)78(67)50-26-16-13-17-27-50)77(49-24-14-12-15-25-49)63-32-22-33-64-69(63)75(59)57-28-18-20-30-61(57)79(64)51-34-36-53-55(44-51)73(6,7)40-38-71(53,2)3/h12-22,24-37,42-47H,10-11,23,38-41H2,1-9H3. The number of aryl methyl sites for hydroxylation is 1. The fourth-order valence-corrected chi connectivity index (χ4v) is 15.6. The highest BCUT2D eigenvalue weighted by Gasteiger charge is 2.49. The highest BCUT2D eigenvalue weighted by atomic mass is 15.2. The number of unbranched alkanes of at least 4 members (excludes halogenated alkanes) is 1. The molecular weight excluding hydrogens is 966 g/mol. The van der Waals surface area contributed by atoms with Gasteiger partial charge in [0.1, 0.15) is 0 Å². The van der Waals surface area contributed by atoms with Crippen molar-refractivity contribution in [2.45, 2.75) is 129 Å². The van der Waals surface area contributed by atoms with Gasteiger partial charge in [0.25, 0.3) is 13.4 Å². The third-order valence-corrected chi connectivity index (χ3v) is 20.1. The monoisotopic (exact) mass is 1040 g/mol. The van der Waals surface area contributed by atoms with Crippen molar-refractivity contribution in [2.75, 3.05) is 19.6 Å². The van der Waals surface area contributed by atoms with Crippen molar-refractivity contribution >= 4 is 114 Å². The summed E-state index contributed by atoms with van der Waals surface area (Å²) in [6.07, 6.45) is 8.01. The highest BCUT2D eigenvalue weighted by molar-refractivity contribution is 7.03. The Morgan fingerprint density at radius 2 is 0.713 bits per heavy atom. The SMILES string of the molecule is CCCCc1cc2c3c(c1)N(c1ccccc1)c1cc4c(cc1B3c1ccccc1N2c1ccc2c(c1)C(C)(C)CCC2(C)C)B1c2ccccc2N(c2ccc3c(c2)C(C)(C)CCC3(C)C)c2cccc(c21)N4c1ccccc1. The Morgan fingerprint density at radius 1 is 0.325 bits per heavy atom. The summed E-state index contributed by atoms with van der Waals surface area (Å²) in [5, 5.41) is 0. The van der Waals surface area contributed by atoms with E-state index in [0.29, 0.717) is 0 Å². The van der Waals surface area contributed by atoms with Crippen LogP contribution in [0.3, 0.4) is 0 Å². The first kappa shape index (κ1) is 49.4. The maximum atomic E-state index is 2.68. The molecule has 4 heterocycles. The van der Waals surface area contributed by atoms with Gasteiger partial charge in [-0.25, -0.2) is 0 Å². The molecule has 394 valence electrons. The first-order valence-corrected chi connectivity index (χ1v) is 29.9. The highest BCUT2D eigenvalue weighted by Crippen LogP contribution is 2.53. The molecule has 0 saturated heterocycles. The van der Waals surface area contributed by atoms with Gasteiger partial charge in [-0.05, 0) is 212 Å². The van der Waals surface area contributed by atoms with Crippen LogP contribution in [0.25, 0.3) is 0 Å². The topological polar surface area (TPSA) is 13.0 Å². The van der Waals surface area contributed by atoms with E-state index in [2.05, 4.69) is 270 Å². The lowest BCUT2D eigenvalue weighted by atomic mass is 9.30. The second kappa shape index (κ2) is 17.7. The van der Waals surface area contributed by atoms with E-state index in [4.69, 9.17) is 0 Å². The maximum absolute atomic E-state index is 2.68. The number of rotatable bonds is 7. The molecule has 9 aromatic carbocycles. The van der Waals surface area contributed by atoms with Gasteiger partial charge in [0.2, 0.25) is 0 Å². The van der Waals surface area contributed by atoms with Crippen molar-refractivity contribution in [1.29, 1.82) is 0 Å². The van der Waals surface area contributed by atoms with Crippen LogP contribution in [0.5, 0.6) is 0 Å². The number of para-hydroxylation sites is 4. The van der Waals surface area contributed by atoms with E-state index in [1.54, 1.807) is 0 Å². The number of fused-ring (bicyclic) bond motifs is 10. The molecule has 0 N–H and O–H groups in total. The van der Waals surface area contributed by atoms with Gasteiger partial charge < -0.3 is 19.6 Å². The van der Waals surface area contributed by atoms with E-state index < -0.39 is 0 Å². The summed E-state index contributed by atoms with van der Waals surface area (Å²) in [6, 6.07) is 73.5. The van der Waals surface area contributed by atoms with Crippen LogP contribution in [0.4, 0.5) is 68.2 Å². The van der Waals surface area contributed by atoms with Gasteiger partial charge >= 0.3 is 0 Å². The van der Waals surface area contributed by atoms with Gasteiger partial charge in [-0.15, -0.1) is 0 Å². The van der Waals surface area contributed by atoms with Gasteiger partial charge in [-0.3, -0.25) is 0 Å². The fraction of sp³-hybridized carbons (Fsp3) is 0.270. The minimum atomic E-state index is -0.0267. The van der Waals surface area contributed by atoms with E-state index >= 15 is 0 Å². The minimum absolute atomic E-state index is 0.0252. The van der Waals surface area contributed by atoms with E-state index in [1.165, 1.54) is 149 Å². The van der Waals surface area contributed by atoms with Gasteiger partial charge in [0.05, 0.1) is 0 Å². The van der Waals surface area contributed by atoms with Crippen LogP contribution in [-0.4, -0.2) is 13.4 Å². The van der Waals surface area contributed by atoms with Crippen molar-refractivity contribution in [3.8, 4) is 0 Å². The van der Waals surface area contributed by atoms with Crippen molar-refractivity contribution in [3.63, 3.8) is 0 Å². The number of benzene rings is 9. The minimum Gasteiger partial charge on any atom is -0.311 e. The molecule has 0 bridgehead atoms. The summed E-state index contributed by atoms with van der Waals surface area (Å²) in [5.41, 5.74) is 30.6. The number of nitrogens with zero attached hydrogens (tertiary/aromatic N) is 4. The van der Waals surface area contributed by atoms with Crippen LogP contribution in [0.15, 0.2) is 188 Å². The zero-order valence-electron chi connectivity index (χ0n) is 48.3. The lowest BCUT2D eigenvalue weighted by Gasteiger charge is -2.48. The van der Waals surface area contributed by atoms with E-state index in [1.807, 2.05) is 0 Å². The Hall–Kier alpha value is -7.69. The predicted molar refractivity (Wildman–Crippen MR) is 344 cm³/mol. The lowest BCUT2D eigenvalue weighted by molar-refractivity contribution is 0.332. The van der Waals surface area contributed by atoms with Gasteiger partial charge in [-0.2, -0.15) is 0 Å². The molecule has 4 aliphatic heterocycles. The van der Waals surface area contributed by atoms with Crippen LogP contribution in [0.1, 0.15) is 129 Å². The fourth-order valence-electron chi connectivity index (χ4n) is 15.6. The third kappa shape index (κ3) is 7.22. The van der Waals surface area contributed by atoms with Crippen molar-refractivity contribution in [1.82, 2.24) is 0 Å². The van der Waals surface area contributed by atoms with Crippen LogP contribution < -0.4 is 52.4 Å². The van der Waals surface area contributed by atoms with Crippen molar-refractivity contribution < 1.29 is 0 Å². The normalized spacial score (nSPS) is 17.8. The molecule has 0 radical (unpaired) electrons. The van der Waals surface area contributed by atoms with Crippen LogP contribution >= 0.6 is 0 Å². The number of hydrogen-bond acceptors (Lipinski definition) is 4. The maximum Gasteiger partial charge on any atom is 0.252 e. The van der Waals surface area contributed by atoms with Crippen LogP contribution in [0, 0.1) is 0 Å². The molecule has 80 heavy (non-hydrogen) atoms. The van der Waals surface area contributed by atoms with Crippen molar-refractivity contribution in [2.24, 2.45) is 0 Å². The lowest BCUT2D eigenvalue weighted by Crippen LogP contribution is -2.65. The molecule has 0 amide bonds. The summed E-state index contributed by atoms with van der Waals surface area (Å²) < 4.78 is 0. The van der Waals surface area contributed by atoms with E-state index in [0.717, 1.165) is 24.9 Å². The zero-order chi connectivity index (χ0) is 54.6. The molecule has 15 rings (SSSR count). The summed E-state index contributed by atoms with van der Waals surface area (Å²) in [5.74, 6) is 0. The molecule has 0 spiro atoms. The third-order valence-electron chi connectivity index (χ3n) is 20.1. The Labute approximate surface area is 476 Å². The second-order valence-electron chi connectivity index (χ2n) is 26.8. The van der Waals surface area contributed by atoms with Gasteiger partial charge in [0, 0.05) is 68.2 Å². The molecule has 6 aliphatic rings. The summed E-state index contributed by atoms with van der Waals surface area (Å²) in [4.78, 5) is 10.5. The average molecular weight is 1040 g/mol. The van der Waals surface area contributed by atoms with Crippen LogP contribution in [0.2, 0.25) is 0 Å². The van der Waals surface area contributed by atoms with Crippen LogP contribution in [-0.2, 0) is 28.1 Å².